The molecule has 1 heterocycles. The molecule has 1 unspecified atom stereocenters. The smallest absolute Gasteiger partial charge is 0.229 e. The molecule has 0 aromatic heterocycles. The second-order valence-corrected chi connectivity index (χ2v) is 4.88. The minimum absolute atomic E-state index is 0.0245. The molecule has 19 heavy (non-hydrogen) atoms. The molecule has 4 nitrogen and oxygen atoms in total. The van der Waals surface area contributed by atoms with Gasteiger partial charge >= 0.3 is 0 Å². The molecule has 1 atom stereocenters. The Morgan fingerprint density at radius 3 is 2.89 bits per heavy atom. The van der Waals surface area contributed by atoms with Crippen molar-refractivity contribution in [3.05, 3.63) is 18.2 Å². The third-order valence-electron chi connectivity index (χ3n) is 3.28. The average Bonchev–Trinajstić information content (AvgIpc) is 2.57. The molecule has 1 aromatic carbocycles. The molecular formula is C15H22N2O2. The standard InChI is InChI=1S/C15H22N2O2/c1-3-6-11-10-16-12-7-5-8-13(19-9-4-2)14(12)17-15(11)18/h5,7-8,11,16H,3-4,6,9-10H2,1-2H3,(H,17,18). The molecule has 0 saturated carbocycles. The topological polar surface area (TPSA) is 50.4 Å². The molecule has 2 N–H and O–H groups in total. The summed E-state index contributed by atoms with van der Waals surface area (Å²) in [5, 5.41) is 6.35. The van der Waals surface area contributed by atoms with Gasteiger partial charge in [0, 0.05) is 6.54 Å². The first-order valence-corrected chi connectivity index (χ1v) is 7.06. The number of benzene rings is 1. The van der Waals surface area contributed by atoms with Crippen molar-refractivity contribution in [2.75, 3.05) is 23.8 Å². The average molecular weight is 262 g/mol. The summed E-state index contributed by atoms with van der Waals surface area (Å²) < 4.78 is 5.70. The first-order chi connectivity index (χ1) is 9.26. The van der Waals surface area contributed by atoms with E-state index in [0.717, 1.165) is 36.4 Å². The third kappa shape index (κ3) is 3.19. The van der Waals surface area contributed by atoms with Crippen LogP contribution >= 0.6 is 0 Å². The van der Waals surface area contributed by atoms with Crippen molar-refractivity contribution in [2.45, 2.75) is 33.1 Å². The number of amides is 1. The summed E-state index contributed by atoms with van der Waals surface area (Å²) in [6.45, 7) is 5.51. The van der Waals surface area contributed by atoms with Gasteiger partial charge in [-0.25, -0.2) is 0 Å². The highest BCUT2D eigenvalue weighted by molar-refractivity contribution is 5.99. The Hall–Kier alpha value is -1.71. The highest BCUT2D eigenvalue weighted by atomic mass is 16.5. The Kier molecular flexibility index (Phi) is 4.66. The summed E-state index contributed by atoms with van der Waals surface area (Å²) in [6.07, 6.45) is 2.86. The van der Waals surface area contributed by atoms with Crippen molar-refractivity contribution in [1.29, 1.82) is 0 Å². The monoisotopic (exact) mass is 262 g/mol. The summed E-state index contributed by atoms with van der Waals surface area (Å²) in [6, 6.07) is 5.82. The van der Waals surface area contributed by atoms with Crippen molar-refractivity contribution < 1.29 is 9.53 Å². The van der Waals surface area contributed by atoms with Crippen LogP contribution in [-0.4, -0.2) is 19.1 Å². The van der Waals surface area contributed by atoms with E-state index < -0.39 is 0 Å². The normalized spacial score (nSPS) is 18.0. The number of nitrogens with one attached hydrogen (secondary N) is 2. The molecule has 0 spiro atoms. The summed E-state index contributed by atoms with van der Waals surface area (Å²) >= 11 is 0. The molecule has 104 valence electrons. The highest BCUT2D eigenvalue weighted by Crippen LogP contribution is 2.35. The van der Waals surface area contributed by atoms with E-state index in [0.29, 0.717) is 13.2 Å². The molecule has 1 aliphatic rings. The Morgan fingerprint density at radius 1 is 1.32 bits per heavy atom. The lowest BCUT2D eigenvalue weighted by Crippen LogP contribution is -2.25. The van der Waals surface area contributed by atoms with E-state index in [9.17, 15) is 4.79 Å². The van der Waals surface area contributed by atoms with E-state index in [2.05, 4.69) is 24.5 Å². The Balaban J connectivity index is 2.21. The van der Waals surface area contributed by atoms with Gasteiger partial charge in [0.15, 0.2) is 0 Å². The van der Waals surface area contributed by atoms with Crippen molar-refractivity contribution in [3.8, 4) is 5.75 Å². The van der Waals surface area contributed by atoms with Gasteiger partial charge < -0.3 is 15.4 Å². The lowest BCUT2D eigenvalue weighted by atomic mass is 10.0. The lowest BCUT2D eigenvalue weighted by molar-refractivity contribution is -0.119. The van der Waals surface area contributed by atoms with Gasteiger partial charge in [-0.2, -0.15) is 0 Å². The van der Waals surface area contributed by atoms with Gasteiger partial charge in [-0.05, 0) is 25.0 Å². The summed E-state index contributed by atoms with van der Waals surface area (Å²) in [5.41, 5.74) is 1.72. The maximum atomic E-state index is 12.2. The third-order valence-corrected chi connectivity index (χ3v) is 3.28. The molecule has 2 rings (SSSR count). The number of anilines is 2. The van der Waals surface area contributed by atoms with Crippen LogP contribution in [0.3, 0.4) is 0 Å². The zero-order chi connectivity index (χ0) is 13.7. The SMILES string of the molecule is CCCOc1cccc2c1NC(=O)C(CCC)CN2. The van der Waals surface area contributed by atoms with E-state index in [1.54, 1.807) is 0 Å². The number of hydrogen-bond donors (Lipinski definition) is 2. The Labute approximate surface area is 114 Å². The minimum Gasteiger partial charge on any atom is -0.491 e. The second kappa shape index (κ2) is 6.45. The second-order valence-electron chi connectivity index (χ2n) is 4.88. The van der Waals surface area contributed by atoms with Crippen LogP contribution < -0.4 is 15.4 Å². The van der Waals surface area contributed by atoms with Crippen molar-refractivity contribution >= 4 is 17.3 Å². The van der Waals surface area contributed by atoms with Gasteiger partial charge in [0.2, 0.25) is 5.91 Å². The highest BCUT2D eigenvalue weighted by Gasteiger charge is 2.24. The largest absolute Gasteiger partial charge is 0.491 e. The van der Waals surface area contributed by atoms with E-state index in [4.69, 9.17) is 4.74 Å². The fraction of sp³-hybridized carbons (Fsp3) is 0.533. The van der Waals surface area contributed by atoms with Gasteiger partial charge in [-0.3, -0.25) is 4.79 Å². The molecular weight excluding hydrogens is 240 g/mol. The van der Waals surface area contributed by atoms with Gasteiger partial charge in [-0.1, -0.05) is 26.3 Å². The number of fused-ring (bicyclic) bond motifs is 1. The molecule has 1 aliphatic heterocycles. The first kappa shape index (κ1) is 13.7. The predicted molar refractivity (Wildman–Crippen MR) is 77.7 cm³/mol. The van der Waals surface area contributed by atoms with Crippen LogP contribution in [0.4, 0.5) is 11.4 Å². The Bertz CT molecular complexity index is 446. The predicted octanol–water partition coefficient (Wildman–Crippen LogP) is 3.26. The summed E-state index contributed by atoms with van der Waals surface area (Å²) in [5.74, 6) is 0.856. The maximum absolute atomic E-state index is 12.2. The molecule has 0 aliphatic carbocycles. The number of carbonyl (C=O) groups excluding carboxylic acids is 1. The lowest BCUT2D eigenvalue weighted by Gasteiger charge is -2.13. The summed E-state index contributed by atoms with van der Waals surface area (Å²) in [4.78, 5) is 12.2. The van der Waals surface area contributed by atoms with Crippen molar-refractivity contribution in [3.63, 3.8) is 0 Å². The molecule has 1 amide bonds. The maximum Gasteiger partial charge on any atom is 0.229 e. The number of hydrogen-bond acceptors (Lipinski definition) is 3. The molecule has 0 bridgehead atoms. The fourth-order valence-corrected chi connectivity index (χ4v) is 2.27. The zero-order valence-electron chi connectivity index (χ0n) is 11.7. The van der Waals surface area contributed by atoms with E-state index in [-0.39, 0.29) is 11.8 Å². The van der Waals surface area contributed by atoms with Gasteiger partial charge in [0.25, 0.3) is 0 Å². The minimum atomic E-state index is 0.0245. The summed E-state index contributed by atoms with van der Waals surface area (Å²) in [7, 11) is 0. The van der Waals surface area contributed by atoms with Gasteiger partial charge in [0.1, 0.15) is 11.4 Å². The number of para-hydroxylation sites is 1. The number of ether oxygens (including phenoxy) is 1. The van der Waals surface area contributed by atoms with Gasteiger partial charge in [-0.15, -0.1) is 0 Å². The molecule has 0 fully saturated rings. The van der Waals surface area contributed by atoms with Crippen molar-refractivity contribution in [1.82, 2.24) is 0 Å². The van der Waals surface area contributed by atoms with Crippen molar-refractivity contribution in [2.24, 2.45) is 5.92 Å². The molecule has 4 heteroatoms. The van der Waals surface area contributed by atoms with Crippen LogP contribution in [0.5, 0.6) is 5.75 Å². The number of rotatable bonds is 5. The molecule has 1 aromatic rings. The first-order valence-electron chi connectivity index (χ1n) is 7.06. The number of carbonyl (C=O) groups is 1. The van der Waals surface area contributed by atoms with E-state index in [1.807, 2.05) is 18.2 Å². The van der Waals surface area contributed by atoms with Crippen LogP contribution in [0.25, 0.3) is 0 Å². The molecule has 0 radical (unpaired) electrons. The van der Waals surface area contributed by atoms with E-state index in [1.165, 1.54) is 0 Å². The van der Waals surface area contributed by atoms with Crippen LogP contribution in [0.15, 0.2) is 18.2 Å². The Morgan fingerprint density at radius 2 is 2.16 bits per heavy atom. The van der Waals surface area contributed by atoms with E-state index >= 15 is 0 Å². The van der Waals surface area contributed by atoms with Crippen LogP contribution in [0.1, 0.15) is 33.1 Å². The van der Waals surface area contributed by atoms with Crippen LogP contribution in [0.2, 0.25) is 0 Å². The molecule has 0 saturated heterocycles. The quantitative estimate of drug-likeness (QED) is 0.856. The van der Waals surface area contributed by atoms with Crippen LogP contribution in [-0.2, 0) is 4.79 Å². The van der Waals surface area contributed by atoms with Gasteiger partial charge in [0.05, 0.1) is 18.2 Å². The van der Waals surface area contributed by atoms with Crippen LogP contribution in [0, 0.1) is 5.92 Å². The zero-order valence-corrected chi connectivity index (χ0v) is 11.7. The fourth-order valence-electron chi connectivity index (χ4n) is 2.27.